The Morgan fingerprint density at radius 3 is 2.44 bits per heavy atom. The number of nitrogens with zero attached hydrogens (tertiary/aromatic N) is 6. The van der Waals surface area contributed by atoms with Crippen LogP contribution in [0.2, 0.25) is 0 Å². The van der Waals surface area contributed by atoms with E-state index in [1.165, 1.54) is 0 Å². The number of hydrogen-bond donors (Lipinski definition) is 1. The van der Waals surface area contributed by atoms with Crippen molar-refractivity contribution in [2.24, 2.45) is 11.8 Å². The van der Waals surface area contributed by atoms with Gasteiger partial charge in [0.2, 0.25) is 11.8 Å². The molecule has 3 fully saturated rings. The molecule has 36 heavy (non-hydrogen) atoms. The normalized spacial score (nSPS) is 27.5. The Morgan fingerprint density at radius 1 is 1.03 bits per heavy atom. The zero-order valence-corrected chi connectivity index (χ0v) is 18.9. The minimum absolute atomic E-state index is 0.00377. The molecule has 5 atom stereocenters. The van der Waals surface area contributed by atoms with E-state index >= 15 is 0 Å². The van der Waals surface area contributed by atoms with Gasteiger partial charge in [-0.3, -0.25) is 0 Å². The molecule has 14 heteroatoms. The van der Waals surface area contributed by atoms with Crippen molar-refractivity contribution in [3.8, 4) is 0 Å². The summed E-state index contributed by atoms with van der Waals surface area (Å²) in [7, 11) is 0. The predicted octanol–water partition coefficient (Wildman–Crippen LogP) is 4.35. The molecule has 1 saturated carbocycles. The van der Waals surface area contributed by atoms with Gasteiger partial charge in [-0.2, -0.15) is 18.2 Å². The second-order valence-corrected chi connectivity index (χ2v) is 9.62. The van der Waals surface area contributed by atoms with Crippen molar-refractivity contribution in [1.29, 1.82) is 0 Å². The lowest BCUT2D eigenvalue weighted by Gasteiger charge is -2.53. The van der Waals surface area contributed by atoms with E-state index in [4.69, 9.17) is 4.42 Å². The van der Waals surface area contributed by atoms with Crippen LogP contribution in [0, 0.1) is 36.2 Å². The molecule has 2 saturated heterocycles. The standard InChI is InChI=1S/C22H21F6N7O/c1-9-31-32-21(36-9)34-7-10-6-11(8-34)18(10)29-20-30-19-13(12-2-4-14(23)17(25)16(12)24)3-5-15(22(26,27)28)35(19)33-20/h2,4,10-11,13,15,18H,3,5-8H2,1H3,(H,29,33)/t10-,11?,13?,15?,18?/m0/s1. The molecule has 1 aliphatic carbocycles. The number of hydrogen-bond acceptors (Lipinski definition) is 7. The lowest BCUT2D eigenvalue weighted by Crippen LogP contribution is -2.61. The summed E-state index contributed by atoms with van der Waals surface area (Å²) < 4.78 is 89.5. The Balaban J connectivity index is 1.27. The van der Waals surface area contributed by atoms with Gasteiger partial charge >= 0.3 is 12.2 Å². The molecule has 7 rings (SSSR count). The Labute approximate surface area is 200 Å². The van der Waals surface area contributed by atoms with Crippen LogP contribution in [-0.4, -0.2) is 50.3 Å². The van der Waals surface area contributed by atoms with Crippen molar-refractivity contribution in [1.82, 2.24) is 25.0 Å². The zero-order chi connectivity index (χ0) is 25.4. The number of fused-ring (bicyclic) bond motifs is 3. The highest BCUT2D eigenvalue weighted by Crippen LogP contribution is 2.46. The number of anilines is 2. The molecule has 0 amide bonds. The van der Waals surface area contributed by atoms with Crippen LogP contribution in [0.5, 0.6) is 0 Å². The minimum Gasteiger partial charge on any atom is -0.408 e. The molecule has 2 bridgehead atoms. The van der Waals surface area contributed by atoms with Crippen molar-refractivity contribution in [2.75, 3.05) is 23.3 Å². The van der Waals surface area contributed by atoms with Gasteiger partial charge in [-0.25, -0.2) is 17.9 Å². The van der Waals surface area contributed by atoms with Crippen LogP contribution >= 0.6 is 0 Å². The average molecular weight is 513 g/mol. The maximum absolute atomic E-state index is 14.6. The second-order valence-electron chi connectivity index (χ2n) is 9.62. The molecule has 4 aliphatic rings. The summed E-state index contributed by atoms with van der Waals surface area (Å²) in [5.74, 6) is -4.83. The molecule has 3 aliphatic heterocycles. The quantitative estimate of drug-likeness (QED) is 0.410. The van der Waals surface area contributed by atoms with Crippen LogP contribution in [-0.2, 0) is 0 Å². The summed E-state index contributed by atoms with van der Waals surface area (Å²) in [6.45, 7) is 2.94. The molecule has 0 spiro atoms. The van der Waals surface area contributed by atoms with Crippen molar-refractivity contribution in [3.63, 3.8) is 0 Å². The van der Waals surface area contributed by atoms with Gasteiger partial charge in [-0.1, -0.05) is 11.2 Å². The lowest BCUT2D eigenvalue weighted by atomic mass is 9.66. The zero-order valence-electron chi connectivity index (χ0n) is 18.9. The third-order valence-corrected chi connectivity index (χ3v) is 7.42. The number of piperidine rings is 2. The predicted molar refractivity (Wildman–Crippen MR) is 113 cm³/mol. The SMILES string of the molecule is Cc1nnc(N2CC3C[C@@H](C2)C3Nc2nc3n(n2)C(C(F)(F)F)CCC3c2ccc(F)c(F)c2F)o1. The Bertz CT molecular complexity index is 1290. The van der Waals surface area contributed by atoms with E-state index in [1.807, 2.05) is 4.90 Å². The molecule has 0 radical (unpaired) electrons. The summed E-state index contributed by atoms with van der Waals surface area (Å²) in [5, 5.41) is 15.1. The van der Waals surface area contributed by atoms with E-state index in [1.54, 1.807) is 6.92 Å². The van der Waals surface area contributed by atoms with Crippen molar-refractivity contribution in [2.45, 2.75) is 50.4 Å². The van der Waals surface area contributed by atoms with E-state index in [0.29, 0.717) is 25.0 Å². The maximum atomic E-state index is 14.6. The number of rotatable bonds is 4. The Hall–Kier alpha value is -3.32. The maximum Gasteiger partial charge on any atom is 0.410 e. The molecule has 8 nitrogen and oxygen atoms in total. The Kier molecular flexibility index (Phi) is 5.20. The fourth-order valence-electron chi connectivity index (χ4n) is 5.69. The average Bonchev–Trinajstić information content (AvgIpc) is 3.46. The van der Waals surface area contributed by atoms with Gasteiger partial charge in [0.25, 0.3) is 0 Å². The first-order valence-electron chi connectivity index (χ1n) is 11.6. The molecular formula is C22H21F6N7O. The molecular weight excluding hydrogens is 492 g/mol. The van der Waals surface area contributed by atoms with Crippen molar-refractivity contribution >= 4 is 12.0 Å². The number of alkyl halides is 3. The van der Waals surface area contributed by atoms with E-state index in [0.717, 1.165) is 23.2 Å². The van der Waals surface area contributed by atoms with Crippen LogP contribution in [0.15, 0.2) is 16.5 Å². The molecule has 1 N–H and O–H groups in total. The van der Waals surface area contributed by atoms with E-state index < -0.39 is 42.0 Å². The highest BCUT2D eigenvalue weighted by molar-refractivity contribution is 5.37. The smallest absolute Gasteiger partial charge is 0.408 e. The van der Waals surface area contributed by atoms with E-state index in [9.17, 15) is 26.3 Å². The van der Waals surface area contributed by atoms with Crippen LogP contribution in [0.4, 0.5) is 38.3 Å². The first kappa shape index (κ1) is 23.1. The van der Waals surface area contributed by atoms with Crippen LogP contribution in [0.3, 0.4) is 0 Å². The third-order valence-electron chi connectivity index (χ3n) is 7.42. The van der Waals surface area contributed by atoms with Gasteiger partial charge in [0.15, 0.2) is 17.5 Å². The second kappa shape index (κ2) is 8.10. The number of halogens is 6. The Morgan fingerprint density at radius 2 is 1.78 bits per heavy atom. The van der Waals surface area contributed by atoms with Gasteiger partial charge in [-0.15, -0.1) is 10.2 Å². The number of aromatic nitrogens is 5. The molecule has 192 valence electrons. The monoisotopic (exact) mass is 513 g/mol. The highest BCUT2D eigenvalue weighted by atomic mass is 19.4. The first-order chi connectivity index (χ1) is 17.1. The first-order valence-corrected chi connectivity index (χ1v) is 11.6. The van der Waals surface area contributed by atoms with Crippen molar-refractivity contribution in [3.05, 3.63) is 46.9 Å². The topological polar surface area (TPSA) is 84.9 Å². The molecule has 3 aromatic rings. The van der Waals surface area contributed by atoms with Gasteiger partial charge in [0, 0.05) is 37.5 Å². The number of benzene rings is 1. The van der Waals surface area contributed by atoms with Crippen LogP contribution in [0.25, 0.3) is 0 Å². The fourth-order valence-corrected chi connectivity index (χ4v) is 5.69. The lowest BCUT2D eigenvalue weighted by molar-refractivity contribution is -0.175. The summed E-state index contributed by atoms with van der Waals surface area (Å²) >= 11 is 0. The van der Waals surface area contributed by atoms with Crippen LogP contribution in [0.1, 0.15) is 48.5 Å². The van der Waals surface area contributed by atoms with E-state index in [2.05, 4.69) is 25.6 Å². The molecule has 1 aromatic carbocycles. The molecule has 2 aromatic heterocycles. The fraction of sp³-hybridized carbons (Fsp3) is 0.545. The van der Waals surface area contributed by atoms with Crippen molar-refractivity contribution < 1.29 is 30.8 Å². The summed E-state index contributed by atoms with van der Waals surface area (Å²) in [6, 6.07) is 0.216. The summed E-state index contributed by atoms with van der Waals surface area (Å²) in [4.78, 5) is 6.27. The minimum atomic E-state index is -4.60. The largest absolute Gasteiger partial charge is 0.410 e. The van der Waals surface area contributed by atoms with Gasteiger partial charge < -0.3 is 14.6 Å². The van der Waals surface area contributed by atoms with Gasteiger partial charge in [0.05, 0.1) is 0 Å². The number of aryl methyl sites for hydroxylation is 1. The van der Waals surface area contributed by atoms with E-state index in [-0.39, 0.29) is 41.6 Å². The third kappa shape index (κ3) is 3.68. The van der Waals surface area contributed by atoms with Crippen LogP contribution < -0.4 is 10.2 Å². The summed E-state index contributed by atoms with van der Waals surface area (Å²) in [5.41, 5.74) is -0.249. The summed E-state index contributed by atoms with van der Waals surface area (Å²) in [6.07, 6.45) is -4.22. The number of nitrogens with one attached hydrogen (secondary N) is 1. The molecule has 4 unspecified atom stereocenters. The molecule has 5 heterocycles. The highest BCUT2D eigenvalue weighted by Gasteiger charge is 2.50. The van der Waals surface area contributed by atoms with Gasteiger partial charge in [0.1, 0.15) is 11.9 Å². The van der Waals surface area contributed by atoms with Gasteiger partial charge in [-0.05, 0) is 37.2 Å².